The van der Waals surface area contributed by atoms with Gasteiger partial charge in [0.05, 0.1) is 16.4 Å². The minimum absolute atomic E-state index is 0.0833. The molecule has 192 valence electrons. The standard InChI is InChI=1S/C27H24ClF3N4OS/c28-22-5-1-2-6-23(22)35-24(18-25(32-35)27(29,30)31)19-7-9-20(10-8-19)26(36)34-15-13-33(14-16-34)12-11-21-4-3-17-37-21/h1-10,17-18H,11-16H2. The number of halogens is 4. The molecule has 0 spiro atoms. The molecule has 3 heterocycles. The minimum atomic E-state index is -4.61. The molecule has 0 atom stereocenters. The number of benzene rings is 2. The average molecular weight is 545 g/mol. The third-order valence-corrected chi connectivity index (χ3v) is 7.68. The summed E-state index contributed by atoms with van der Waals surface area (Å²) in [5.74, 6) is -0.0833. The Labute approximate surface area is 221 Å². The number of hydrogen-bond acceptors (Lipinski definition) is 4. The number of aromatic nitrogens is 2. The van der Waals surface area contributed by atoms with Crippen LogP contribution in [-0.2, 0) is 12.6 Å². The molecule has 4 aromatic rings. The quantitative estimate of drug-likeness (QED) is 0.287. The molecule has 0 bridgehead atoms. The fraction of sp³-hybridized carbons (Fsp3) is 0.259. The fourth-order valence-electron chi connectivity index (χ4n) is 4.40. The van der Waals surface area contributed by atoms with Gasteiger partial charge in [-0.3, -0.25) is 9.69 Å². The molecular weight excluding hydrogens is 521 g/mol. The van der Waals surface area contributed by atoms with E-state index in [-0.39, 0.29) is 16.6 Å². The van der Waals surface area contributed by atoms with Crippen molar-refractivity contribution in [2.45, 2.75) is 12.6 Å². The summed E-state index contributed by atoms with van der Waals surface area (Å²) >= 11 is 8.01. The highest BCUT2D eigenvalue weighted by molar-refractivity contribution is 7.09. The molecule has 1 aliphatic rings. The van der Waals surface area contributed by atoms with Gasteiger partial charge in [0.1, 0.15) is 0 Å². The molecule has 2 aromatic carbocycles. The van der Waals surface area contributed by atoms with Crippen molar-refractivity contribution in [2.75, 3.05) is 32.7 Å². The van der Waals surface area contributed by atoms with Crippen molar-refractivity contribution in [3.63, 3.8) is 0 Å². The number of hydrogen-bond donors (Lipinski definition) is 0. The van der Waals surface area contributed by atoms with Crippen LogP contribution in [0.1, 0.15) is 20.9 Å². The maximum absolute atomic E-state index is 13.5. The molecule has 5 nitrogen and oxygen atoms in total. The predicted octanol–water partition coefficient (Wildman–Crippen LogP) is 6.27. The second-order valence-corrected chi connectivity index (χ2v) is 10.3. The van der Waals surface area contributed by atoms with E-state index in [1.807, 2.05) is 4.90 Å². The first kappa shape index (κ1) is 25.5. The van der Waals surface area contributed by atoms with Crippen LogP contribution in [0.2, 0.25) is 5.02 Å². The molecule has 0 unspecified atom stereocenters. The monoisotopic (exact) mass is 544 g/mol. The molecule has 0 saturated carbocycles. The summed E-state index contributed by atoms with van der Waals surface area (Å²) in [6, 6.07) is 18.4. The van der Waals surface area contributed by atoms with Crippen LogP contribution < -0.4 is 0 Å². The summed E-state index contributed by atoms with van der Waals surface area (Å²) in [4.78, 5) is 18.6. The van der Waals surface area contributed by atoms with E-state index < -0.39 is 11.9 Å². The highest BCUT2D eigenvalue weighted by atomic mass is 35.5. The molecule has 1 aliphatic heterocycles. The highest BCUT2D eigenvalue weighted by Gasteiger charge is 2.35. The van der Waals surface area contributed by atoms with Crippen LogP contribution in [-0.4, -0.2) is 58.2 Å². The third kappa shape index (κ3) is 5.74. The van der Waals surface area contributed by atoms with E-state index in [1.54, 1.807) is 59.9 Å². The molecule has 2 aromatic heterocycles. The number of rotatable bonds is 6. The maximum Gasteiger partial charge on any atom is 0.435 e. The van der Waals surface area contributed by atoms with Crippen molar-refractivity contribution >= 4 is 28.8 Å². The number of para-hydroxylation sites is 1. The van der Waals surface area contributed by atoms with E-state index in [2.05, 4.69) is 27.5 Å². The van der Waals surface area contributed by atoms with Crippen molar-refractivity contribution in [1.82, 2.24) is 19.6 Å². The second kappa shape index (κ2) is 10.7. The van der Waals surface area contributed by atoms with Gasteiger partial charge in [-0.15, -0.1) is 11.3 Å². The number of carbonyl (C=O) groups excluding carboxylic acids is 1. The van der Waals surface area contributed by atoms with E-state index in [9.17, 15) is 18.0 Å². The van der Waals surface area contributed by atoms with E-state index in [0.717, 1.165) is 32.1 Å². The molecule has 1 amide bonds. The summed E-state index contributed by atoms with van der Waals surface area (Å²) in [6.07, 6.45) is -3.60. The van der Waals surface area contributed by atoms with Crippen LogP contribution in [0.4, 0.5) is 13.2 Å². The van der Waals surface area contributed by atoms with Crippen LogP contribution in [0.15, 0.2) is 72.1 Å². The number of carbonyl (C=O) groups is 1. The van der Waals surface area contributed by atoms with Crippen LogP contribution in [0.25, 0.3) is 16.9 Å². The zero-order chi connectivity index (χ0) is 26.0. The van der Waals surface area contributed by atoms with Gasteiger partial charge in [0.15, 0.2) is 5.69 Å². The lowest BCUT2D eigenvalue weighted by atomic mass is 10.1. The minimum Gasteiger partial charge on any atom is -0.336 e. The van der Waals surface area contributed by atoms with Crippen LogP contribution in [0.3, 0.4) is 0 Å². The maximum atomic E-state index is 13.5. The second-order valence-electron chi connectivity index (χ2n) is 8.82. The number of amides is 1. The number of piperazine rings is 1. The largest absolute Gasteiger partial charge is 0.435 e. The molecule has 0 radical (unpaired) electrons. The third-order valence-electron chi connectivity index (χ3n) is 6.42. The normalized spacial score (nSPS) is 14.8. The van der Waals surface area contributed by atoms with E-state index in [0.29, 0.717) is 29.9 Å². The summed E-state index contributed by atoms with van der Waals surface area (Å²) in [7, 11) is 0. The molecule has 1 fully saturated rings. The first-order valence-electron chi connectivity index (χ1n) is 11.9. The Balaban J connectivity index is 1.30. The van der Waals surface area contributed by atoms with E-state index in [4.69, 9.17) is 11.6 Å². The van der Waals surface area contributed by atoms with Crippen LogP contribution in [0.5, 0.6) is 0 Å². The molecule has 1 saturated heterocycles. The van der Waals surface area contributed by atoms with Gasteiger partial charge in [-0.1, -0.05) is 41.9 Å². The SMILES string of the molecule is O=C(c1ccc(-c2cc(C(F)(F)F)nn2-c2ccccc2Cl)cc1)N1CCN(CCc2cccs2)CC1. The Morgan fingerprint density at radius 1 is 0.973 bits per heavy atom. The van der Waals surface area contributed by atoms with Gasteiger partial charge in [-0.25, -0.2) is 4.68 Å². The Hall–Kier alpha value is -3.14. The molecule has 0 aliphatic carbocycles. The van der Waals surface area contributed by atoms with Gasteiger partial charge >= 0.3 is 6.18 Å². The fourth-order valence-corrected chi connectivity index (χ4v) is 5.31. The Kier molecular flexibility index (Phi) is 7.37. The number of nitrogens with zero attached hydrogens (tertiary/aromatic N) is 4. The zero-order valence-electron chi connectivity index (χ0n) is 19.8. The van der Waals surface area contributed by atoms with Crippen molar-refractivity contribution in [1.29, 1.82) is 0 Å². The predicted molar refractivity (Wildman–Crippen MR) is 139 cm³/mol. The van der Waals surface area contributed by atoms with Gasteiger partial charge in [-0.05, 0) is 48.2 Å². The first-order chi connectivity index (χ1) is 17.8. The smallest absolute Gasteiger partial charge is 0.336 e. The molecule has 5 rings (SSSR count). The lowest BCUT2D eigenvalue weighted by Gasteiger charge is -2.34. The zero-order valence-corrected chi connectivity index (χ0v) is 21.4. The summed E-state index contributed by atoms with van der Waals surface area (Å²) in [6.45, 7) is 3.87. The highest BCUT2D eigenvalue weighted by Crippen LogP contribution is 2.34. The molecule has 37 heavy (non-hydrogen) atoms. The van der Waals surface area contributed by atoms with Crippen LogP contribution in [0, 0.1) is 0 Å². The first-order valence-corrected chi connectivity index (χ1v) is 13.1. The van der Waals surface area contributed by atoms with Crippen LogP contribution >= 0.6 is 22.9 Å². The van der Waals surface area contributed by atoms with Crippen molar-refractivity contribution in [3.8, 4) is 16.9 Å². The topological polar surface area (TPSA) is 41.4 Å². The number of thiophene rings is 1. The van der Waals surface area contributed by atoms with Gasteiger partial charge in [0, 0.05) is 48.7 Å². The summed E-state index contributed by atoms with van der Waals surface area (Å²) in [5.41, 5.74) is 0.554. The lowest BCUT2D eigenvalue weighted by Crippen LogP contribution is -2.49. The Bertz CT molecular complexity index is 1360. The van der Waals surface area contributed by atoms with E-state index >= 15 is 0 Å². The number of alkyl halides is 3. The molecule has 0 N–H and O–H groups in total. The van der Waals surface area contributed by atoms with Crippen molar-refractivity contribution in [3.05, 3.63) is 93.3 Å². The summed E-state index contributed by atoms with van der Waals surface area (Å²) in [5, 5.41) is 6.15. The average Bonchev–Trinajstić information content (AvgIpc) is 3.58. The summed E-state index contributed by atoms with van der Waals surface area (Å²) < 4.78 is 41.6. The molecule has 10 heteroatoms. The molecular formula is C27H24ClF3N4OS. The van der Waals surface area contributed by atoms with E-state index in [1.165, 1.54) is 9.56 Å². The van der Waals surface area contributed by atoms with Gasteiger partial charge in [0.25, 0.3) is 5.91 Å². The van der Waals surface area contributed by atoms with Gasteiger partial charge < -0.3 is 4.90 Å². The Morgan fingerprint density at radius 2 is 1.70 bits per heavy atom. The van der Waals surface area contributed by atoms with Crippen molar-refractivity contribution in [2.24, 2.45) is 0 Å². The Morgan fingerprint density at radius 3 is 2.35 bits per heavy atom. The van der Waals surface area contributed by atoms with Gasteiger partial charge in [-0.2, -0.15) is 18.3 Å². The van der Waals surface area contributed by atoms with Gasteiger partial charge in [0.2, 0.25) is 0 Å². The van der Waals surface area contributed by atoms with Crippen molar-refractivity contribution < 1.29 is 18.0 Å². The lowest BCUT2D eigenvalue weighted by molar-refractivity contribution is -0.141.